The standard InChI is InChI=1S/C24H19BrN2O/c1-15-10-11-19(16(2)12-15)23-14-21(20-8-3-4-9-22(20)27-23)24(28)26-18-7-5-6-17(25)13-18/h3-14H,1-2H3,(H,26,28). The second-order valence-corrected chi connectivity index (χ2v) is 7.77. The molecule has 0 saturated carbocycles. The quantitative estimate of drug-likeness (QED) is 0.401. The number of aromatic nitrogens is 1. The number of rotatable bonds is 3. The minimum atomic E-state index is -0.150. The lowest BCUT2D eigenvalue weighted by Gasteiger charge is -2.12. The Labute approximate surface area is 172 Å². The Balaban J connectivity index is 1.83. The van der Waals surface area contributed by atoms with E-state index in [1.807, 2.05) is 54.6 Å². The number of hydrogen-bond donors (Lipinski definition) is 1. The Kier molecular flexibility index (Phi) is 4.97. The van der Waals surface area contributed by atoms with E-state index in [4.69, 9.17) is 4.98 Å². The van der Waals surface area contributed by atoms with Crippen LogP contribution < -0.4 is 5.32 Å². The fourth-order valence-electron chi connectivity index (χ4n) is 3.37. The molecule has 28 heavy (non-hydrogen) atoms. The number of nitrogens with zero attached hydrogens (tertiary/aromatic N) is 1. The predicted octanol–water partition coefficient (Wildman–Crippen LogP) is 6.53. The Bertz CT molecular complexity index is 1200. The highest BCUT2D eigenvalue weighted by Gasteiger charge is 2.15. The molecule has 0 saturated heterocycles. The maximum Gasteiger partial charge on any atom is 0.256 e. The highest BCUT2D eigenvalue weighted by molar-refractivity contribution is 9.10. The van der Waals surface area contributed by atoms with Crippen molar-refractivity contribution in [2.24, 2.45) is 0 Å². The summed E-state index contributed by atoms with van der Waals surface area (Å²) >= 11 is 3.44. The van der Waals surface area contributed by atoms with Crippen LogP contribution in [0.5, 0.6) is 0 Å². The van der Waals surface area contributed by atoms with E-state index in [0.29, 0.717) is 5.56 Å². The van der Waals surface area contributed by atoms with Crippen molar-refractivity contribution in [3.05, 3.63) is 94.0 Å². The number of para-hydroxylation sites is 1. The lowest BCUT2D eigenvalue weighted by atomic mass is 9.99. The summed E-state index contributed by atoms with van der Waals surface area (Å²) < 4.78 is 0.917. The normalized spacial score (nSPS) is 10.8. The number of nitrogens with one attached hydrogen (secondary N) is 1. The molecule has 3 aromatic carbocycles. The Hall–Kier alpha value is -2.98. The molecule has 4 rings (SSSR count). The van der Waals surface area contributed by atoms with Crippen LogP contribution in [0.4, 0.5) is 5.69 Å². The molecule has 138 valence electrons. The van der Waals surface area contributed by atoms with E-state index < -0.39 is 0 Å². The van der Waals surface area contributed by atoms with Gasteiger partial charge < -0.3 is 5.32 Å². The van der Waals surface area contributed by atoms with Gasteiger partial charge in [0.1, 0.15) is 0 Å². The summed E-state index contributed by atoms with van der Waals surface area (Å²) in [6.45, 7) is 4.14. The molecule has 0 aliphatic carbocycles. The van der Waals surface area contributed by atoms with E-state index in [-0.39, 0.29) is 5.91 Å². The van der Waals surface area contributed by atoms with E-state index in [9.17, 15) is 4.79 Å². The lowest BCUT2D eigenvalue weighted by molar-refractivity contribution is 0.102. The van der Waals surface area contributed by atoms with Crippen molar-refractivity contribution in [3.63, 3.8) is 0 Å². The van der Waals surface area contributed by atoms with Crippen LogP contribution in [0.2, 0.25) is 0 Å². The predicted molar refractivity (Wildman–Crippen MR) is 119 cm³/mol. The van der Waals surface area contributed by atoms with Crippen LogP contribution in [0.25, 0.3) is 22.2 Å². The smallest absolute Gasteiger partial charge is 0.256 e. The maximum absolute atomic E-state index is 13.1. The van der Waals surface area contributed by atoms with Crippen LogP contribution in [0, 0.1) is 13.8 Å². The minimum absolute atomic E-state index is 0.150. The molecule has 0 aliphatic heterocycles. The van der Waals surface area contributed by atoms with Gasteiger partial charge in [-0.3, -0.25) is 4.79 Å². The van der Waals surface area contributed by atoms with Crippen LogP contribution >= 0.6 is 15.9 Å². The molecule has 3 nitrogen and oxygen atoms in total. The molecular weight excluding hydrogens is 412 g/mol. The Morgan fingerprint density at radius 3 is 2.54 bits per heavy atom. The number of carbonyl (C=O) groups excluding carboxylic acids is 1. The van der Waals surface area contributed by atoms with Crippen molar-refractivity contribution in [1.82, 2.24) is 4.98 Å². The zero-order valence-electron chi connectivity index (χ0n) is 15.7. The minimum Gasteiger partial charge on any atom is -0.322 e. The monoisotopic (exact) mass is 430 g/mol. The summed E-state index contributed by atoms with van der Waals surface area (Å²) in [5, 5.41) is 3.83. The molecule has 1 N–H and O–H groups in total. The van der Waals surface area contributed by atoms with Gasteiger partial charge in [-0.05, 0) is 49.7 Å². The second-order valence-electron chi connectivity index (χ2n) is 6.86. The van der Waals surface area contributed by atoms with E-state index in [1.165, 1.54) is 5.56 Å². The van der Waals surface area contributed by atoms with Gasteiger partial charge in [-0.2, -0.15) is 0 Å². The molecular formula is C24H19BrN2O. The summed E-state index contributed by atoms with van der Waals surface area (Å²) in [5.41, 5.74) is 6.34. The van der Waals surface area contributed by atoms with Gasteiger partial charge >= 0.3 is 0 Å². The van der Waals surface area contributed by atoms with Crippen molar-refractivity contribution < 1.29 is 4.79 Å². The number of benzene rings is 3. The van der Waals surface area contributed by atoms with E-state index in [1.54, 1.807) is 0 Å². The number of carbonyl (C=O) groups is 1. The van der Waals surface area contributed by atoms with Gasteiger partial charge in [-0.1, -0.05) is 64.0 Å². The topological polar surface area (TPSA) is 42.0 Å². The van der Waals surface area contributed by atoms with Gasteiger partial charge in [-0.15, -0.1) is 0 Å². The van der Waals surface area contributed by atoms with Crippen molar-refractivity contribution in [1.29, 1.82) is 0 Å². The van der Waals surface area contributed by atoms with Crippen molar-refractivity contribution in [2.45, 2.75) is 13.8 Å². The Morgan fingerprint density at radius 1 is 0.929 bits per heavy atom. The molecule has 0 unspecified atom stereocenters. The molecule has 0 bridgehead atoms. The van der Waals surface area contributed by atoms with Gasteiger partial charge in [0.15, 0.2) is 0 Å². The fourth-order valence-corrected chi connectivity index (χ4v) is 3.77. The second kappa shape index (κ2) is 7.56. The van der Waals surface area contributed by atoms with E-state index in [2.05, 4.69) is 53.3 Å². The average Bonchev–Trinajstić information content (AvgIpc) is 2.67. The molecule has 0 atom stereocenters. The third kappa shape index (κ3) is 3.69. The largest absolute Gasteiger partial charge is 0.322 e. The number of fused-ring (bicyclic) bond motifs is 1. The Morgan fingerprint density at radius 2 is 1.75 bits per heavy atom. The van der Waals surface area contributed by atoms with Gasteiger partial charge in [0.05, 0.1) is 16.8 Å². The zero-order valence-corrected chi connectivity index (χ0v) is 17.2. The number of pyridine rings is 1. The summed E-state index contributed by atoms with van der Waals surface area (Å²) in [5.74, 6) is -0.150. The molecule has 1 aromatic heterocycles. The number of amides is 1. The molecule has 0 spiro atoms. The SMILES string of the molecule is Cc1ccc(-c2cc(C(=O)Nc3cccc(Br)c3)c3ccccc3n2)c(C)c1. The summed E-state index contributed by atoms with van der Waals surface area (Å²) in [6.07, 6.45) is 0. The van der Waals surface area contributed by atoms with Gasteiger partial charge in [0.2, 0.25) is 0 Å². The van der Waals surface area contributed by atoms with Crippen molar-refractivity contribution >= 4 is 38.4 Å². The lowest BCUT2D eigenvalue weighted by Crippen LogP contribution is -2.13. The van der Waals surface area contributed by atoms with Gasteiger partial charge in [-0.25, -0.2) is 4.98 Å². The first-order valence-electron chi connectivity index (χ1n) is 9.05. The number of halogens is 1. The first kappa shape index (κ1) is 18.4. The molecule has 1 heterocycles. The molecule has 0 fully saturated rings. The van der Waals surface area contributed by atoms with Gasteiger partial charge in [0, 0.05) is 21.1 Å². The molecule has 4 heteroatoms. The molecule has 0 aliphatic rings. The molecule has 0 radical (unpaired) electrons. The third-order valence-electron chi connectivity index (χ3n) is 4.70. The van der Waals surface area contributed by atoms with E-state index >= 15 is 0 Å². The molecule has 1 amide bonds. The van der Waals surface area contributed by atoms with Crippen LogP contribution in [-0.4, -0.2) is 10.9 Å². The van der Waals surface area contributed by atoms with Crippen LogP contribution in [0.1, 0.15) is 21.5 Å². The molecule has 4 aromatic rings. The number of aryl methyl sites for hydroxylation is 2. The van der Waals surface area contributed by atoms with Crippen molar-refractivity contribution in [3.8, 4) is 11.3 Å². The highest BCUT2D eigenvalue weighted by Crippen LogP contribution is 2.28. The van der Waals surface area contributed by atoms with Crippen LogP contribution in [0.15, 0.2) is 77.3 Å². The first-order valence-corrected chi connectivity index (χ1v) is 9.85. The first-order chi connectivity index (χ1) is 13.5. The average molecular weight is 431 g/mol. The van der Waals surface area contributed by atoms with Gasteiger partial charge in [0.25, 0.3) is 5.91 Å². The summed E-state index contributed by atoms with van der Waals surface area (Å²) in [6, 6.07) is 23.5. The van der Waals surface area contributed by atoms with Crippen LogP contribution in [0.3, 0.4) is 0 Å². The number of anilines is 1. The van der Waals surface area contributed by atoms with Crippen LogP contribution in [-0.2, 0) is 0 Å². The third-order valence-corrected chi connectivity index (χ3v) is 5.19. The highest BCUT2D eigenvalue weighted by atomic mass is 79.9. The zero-order chi connectivity index (χ0) is 19.7. The fraction of sp³-hybridized carbons (Fsp3) is 0.0833. The summed E-state index contributed by atoms with van der Waals surface area (Å²) in [4.78, 5) is 17.9. The number of hydrogen-bond acceptors (Lipinski definition) is 2. The van der Waals surface area contributed by atoms with E-state index in [0.717, 1.165) is 37.9 Å². The summed E-state index contributed by atoms with van der Waals surface area (Å²) in [7, 11) is 0. The maximum atomic E-state index is 13.1. The van der Waals surface area contributed by atoms with Crippen molar-refractivity contribution in [2.75, 3.05) is 5.32 Å².